The maximum absolute atomic E-state index is 12.2. The zero-order chi connectivity index (χ0) is 10.9. The quantitative estimate of drug-likeness (QED) is 0.759. The summed E-state index contributed by atoms with van der Waals surface area (Å²) < 4.78 is 36.7. The van der Waals surface area contributed by atoms with E-state index in [2.05, 4.69) is 15.9 Å². The van der Waals surface area contributed by atoms with Crippen LogP contribution in [0.25, 0.3) is 0 Å². The highest BCUT2D eigenvalue weighted by Gasteiger charge is 2.48. The van der Waals surface area contributed by atoms with Gasteiger partial charge in [-0.2, -0.15) is 13.2 Å². The molecule has 13 heavy (non-hydrogen) atoms. The summed E-state index contributed by atoms with van der Waals surface area (Å²) in [5.74, 6) is -0.678. The van der Waals surface area contributed by atoms with Crippen LogP contribution in [-0.2, 0) is 4.79 Å². The molecule has 0 aliphatic heterocycles. The first kappa shape index (κ1) is 12.7. The molecule has 1 atom stereocenters. The highest BCUT2D eigenvalue weighted by Crippen LogP contribution is 2.29. The topological polar surface area (TPSA) is 29.1 Å². The second-order valence-corrected chi connectivity index (χ2v) is 4.60. The number of carbonyl (C=O) groups excluding carboxylic acids is 1. The molecule has 1 unspecified atom stereocenters. The maximum Gasteiger partial charge on any atom is 0.410 e. The van der Waals surface area contributed by atoms with E-state index in [1.54, 1.807) is 0 Å². The number of carbonyl (C=O) groups is 1. The summed E-state index contributed by atoms with van der Waals surface area (Å²) in [6.45, 7) is 3.29. The van der Waals surface area contributed by atoms with E-state index in [0.29, 0.717) is 0 Å². The predicted molar refractivity (Wildman–Crippen MR) is 46.7 cm³/mol. The molecule has 0 rings (SSSR count). The van der Waals surface area contributed by atoms with Gasteiger partial charge in [0.15, 0.2) is 0 Å². The Morgan fingerprint density at radius 2 is 1.77 bits per heavy atom. The minimum Gasteiger partial charge on any atom is -0.341 e. The predicted octanol–water partition coefficient (Wildman–Crippen LogP) is 2.23. The molecule has 0 saturated heterocycles. The van der Waals surface area contributed by atoms with E-state index in [1.165, 1.54) is 6.92 Å². The van der Waals surface area contributed by atoms with Crippen LogP contribution in [0.15, 0.2) is 0 Å². The minimum atomic E-state index is -4.44. The zero-order valence-corrected chi connectivity index (χ0v) is 9.08. The SMILES string of the molecule is CC(Br)C(=O)NC(C)(C)C(F)(F)F. The van der Waals surface area contributed by atoms with Crippen molar-refractivity contribution in [2.24, 2.45) is 0 Å². The van der Waals surface area contributed by atoms with Crippen LogP contribution in [0.4, 0.5) is 13.2 Å². The van der Waals surface area contributed by atoms with Crippen LogP contribution in [0.1, 0.15) is 20.8 Å². The van der Waals surface area contributed by atoms with Gasteiger partial charge in [-0.15, -0.1) is 0 Å². The van der Waals surface area contributed by atoms with Crippen molar-refractivity contribution in [2.75, 3.05) is 0 Å². The first-order valence-electron chi connectivity index (χ1n) is 3.61. The first-order valence-corrected chi connectivity index (χ1v) is 4.52. The molecule has 0 aliphatic rings. The van der Waals surface area contributed by atoms with Gasteiger partial charge in [0.05, 0.1) is 4.83 Å². The Labute approximate surface area is 83.0 Å². The molecule has 0 radical (unpaired) electrons. The summed E-state index contributed by atoms with van der Waals surface area (Å²) in [5.41, 5.74) is -2.19. The van der Waals surface area contributed by atoms with Crippen molar-refractivity contribution >= 4 is 21.8 Å². The molecule has 0 bridgehead atoms. The second-order valence-electron chi connectivity index (χ2n) is 3.23. The van der Waals surface area contributed by atoms with Gasteiger partial charge in [-0.25, -0.2) is 0 Å². The number of alkyl halides is 4. The number of halogens is 4. The molecule has 6 heteroatoms. The lowest BCUT2D eigenvalue weighted by Gasteiger charge is -2.29. The fourth-order valence-electron chi connectivity index (χ4n) is 0.478. The van der Waals surface area contributed by atoms with Crippen LogP contribution in [0.2, 0.25) is 0 Å². The third-order valence-electron chi connectivity index (χ3n) is 1.51. The highest BCUT2D eigenvalue weighted by atomic mass is 79.9. The third kappa shape index (κ3) is 3.54. The largest absolute Gasteiger partial charge is 0.410 e. The van der Waals surface area contributed by atoms with Gasteiger partial charge in [-0.1, -0.05) is 15.9 Å². The summed E-state index contributed by atoms with van der Waals surface area (Å²) in [6, 6.07) is 0. The molecule has 0 aromatic carbocycles. The smallest absolute Gasteiger partial charge is 0.341 e. The first-order chi connectivity index (χ1) is 5.58. The van der Waals surface area contributed by atoms with Gasteiger partial charge in [0.1, 0.15) is 5.54 Å². The fraction of sp³-hybridized carbons (Fsp3) is 0.857. The van der Waals surface area contributed by atoms with Crippen molar-refractivity contribution in [1.29, 1.82) is 0 Å². The molecular formula is C7H11BrF3NO. The molecule has 0 spiro atoms. The molecule has 0 aromatic heterocycles. The summed E-state index contributed by atoms with van der Waals surface area (Å²) >= 11 is 2.88. The van der Waals surface area contributed by atoms with Crippen LogP contribution in [0.5, 0.6) is 0 Å². The van der Waals surface area contributed by atoms with Gasteiger partial charge >= 0.3 is 6.18 Å². The number of nitrogens with one attached hydrogen (secondary N) is 1. The Morgan fingerprint density at radius 3 is 2.00 bits per heavy atom. The van der Waals surface area contributed by atoms with Gasteiger partial charge < -0.3 is 5.32 Å². The number of rotatable bonds is 2. The average Bonchev–Trinajstić information content (AvgIpc) is 1.83. The fourth-order valence-corrected chi connectivity index (χ4v) is 0.593. The molecule has 2 nitrogen and oxygen atoms in total. The number of hydrogen-bond donors (Lipinski definition) is 1. The molecule has 1 N–H and O–H groups in total. The Morgan fingerprint density at radius 1 is 1.38 bits per heavy atom. The lowest BCUT2D eigenvalue weighted by molar-refractivity contribution is -0.188. The second kappa shape index (κ2) is 3.86. The van der Waals surface area contributed by atoms with E-state index in [4.69, 9.17) is 0 Å². The molecule has 0 heterocycles. The van der Waals surface area contributed by atoms with Gasteiger partial charge in [0.25, 0.3) is 0 Å². The minimum absolute atomic E-state index is 0.630. The van der Waals surface area contributed by atoms with Crippen molar-refractivity contribution < 1.29 is 18.0 Å². The number of hydrogen-bond acceptors (Lipinski definition) is 1. The average molecular weight is 262 g/mol. The third-order valence-corrected chi connectivity index (χ3v) is 1.92. The van der Waals surface area contributed by atoms with Gasteiger partial charge in [0.2, 0.25) is 5.91 Å². The van der Waals surface area contributed by atoms with Gasteiger partial charge in [0, 0.05) is 0 Å². The van der Waals surface area contributed by atoms with Crippen LogP contribution >= 0.6 is 15.9 Å². The Hall–Kier alpha value is -0.260. The number of amides is 1. The molecule has 0 fully saturated rings. The van der Waals surface area contributed by atoms with Crippen molar-refractivity contribution in [2.45, 2.75) is 37.3 Å². The standard InChI is InChI=1S/C7H11BrF3NO/c1-4(8)5(13)12-6(2,3)7(9,10)11/h4H,1-3H3,(H,12,13). The summed E-state index contributed by atoms with van der Waals surface area (Å²) in [5, 5.41) is 1.88. The van der Waals surface area contributed by atoms with Crippen molar-refractivity contribution in [3.05, 3.63) is 0 Å². The van der Waals surface area contributed by atoms with Crippen LogP contribution in [-0.4, -0.2) is 22.4 Å². The van der Waals surface area contributed by atoms with Crippen LogP contribution in [0.3, 0.4) is 0 Å². The van der Waals surface area contributed by atoms with E-state index in [1.807, 2.05) is 5.32 Å². The molecule has 0 aliphatic carbocycles. The van der Waals surface area contributed by atoms with E-state index in [9.17, 15) is 18.0 Å². The monoisotopic (exact) mass is 261 g/mol. The van der Waals surface area contributed by atoms with Gasteiger partial charge in [-0.05, 0) is 20.8 Å². The summed E-state index contributed by atoms with van der Waals surface area (Å²) in [6.07, 6.45) is -4.44. The van der Waals surface area contributed by atoms with Crippen LogP contribution in [0, 0.1) is 0 Å². The van der Waals surface area contributed by atoms with E-state index < -0.39 is 22.4 Å². The summed E-state index contributed by atoms with van der Waals surface area (Å²) in [4.78, 5) is 10.3. The van der Waals surface area contributed by atoms with Crippen molar-refractivity contribution in [3.8, 4) is 0 Å². The van der Waals surface area contributed by atoms with Gasteiger partial charge in [-0.3, -0.25) is 4.79 Å². The zero-order valence-electron chi connectivity index (χ0n) is 7.50. The van der Waals surface area contributed by atoms with E-state index in [0.717, 1.165) is 13.8 Å². The Balaban J connectivity index is 4.44. The van der Waals surface area contributed by atoms with Crippen molar-refractivity contribution in [3.63, 3.8) is 0 Å². The van der Waals surface area contributed by atoms with E-state index in [-0.39, 0.29) is 0 Å². The summed E-state index contributed by atoms with van der Waals surface area (Å²) in [7, 11) is 0. The van der Waals surface area contributed by atoms with Crippen LogP contribution < -0.4 is 5.32 Å². The molecule has 0 aromatic rings. The Bertz CT molecular complexity index is 200. The highest BCUT2D eigenvalue weighted by molar-refractivity contribution is 9.10. The molecular weight excluding hydrogens is 251 g/mol. The molecule has 78 valence electrons. The Kier molecular flexibility index (Phi) is 3.78. The molecule has 0 saturated carbocycles. The lowest BCUT2D eigenvalue weighted by Crippen LogP contribution is -2.55. The normalized spacial score (nSPS) is 15.3. The van der Waals surface area contributed by atoms with Crippen molar-refractivity contribution in [1.82, 2.24) is 5.32 Å². The molecule has 1 amide bonds. The van der Waals surface area contributed by atoms with E-state index >= 15 is 0 Å². The lowest BCUT2D eigenvalue weighted by atomic mass is 10.1. The maximum atomic E-state index is 12.2.